The fourth-order valence-corrected chi connectivity index (χ4v) is 2.07. The first-order chi connectivity index (χ1) is 7.72. The van der Waals surface area contributed by atoms with Gasteiger partial charge in [0.1, 0.15) is 5.75 Å². The Labute approximate surface area is 94.3 Å². The van der Waals surface area contributed by atoms with Gasteiger partial charge < -0.3 is 15.2 Å². The summed E-state index contributed by atoms with van der Waals surface area (Å²) in [5.41, 5.74) is 7.55. The molecule has 0 fully saturated rings. The Kier molecular flexibility index (Phi) is 2.99. The van der Waals surface area contributed by atoms with Gasteiger partial charge in [0.25, 0.3) is 0 Å². The number of fused-ring (bicyclic) bond motifs is 1. The van der Waals surface area contributed by atoms with Crippen molar-refractivity contribution in [2.45, 2.75) is 18.8 Å². The van der Waals surface area contributed by atoms with Crippen LogP contribution in [-0.4, -0.2) is 19.7 Å². The van der Waals surface area contributed by atoms with Crippen LogP contribution in [0.25, 0.3) is 0 Å². The molecule has 1 aromatic carbocycles. The first-order valence-corrected chi connectivity index (χ1v) is 5.30. The molecular weight excluding hydrogens is 206 g/mol. The summed E-state index contributed by atoms with van der Waals surface area (Å²) in [6.07, 6.45) is 1.16. The number of methoxy groups -OCH3 is 1. The molecule has 1 aliphatic rings. The Balaban J connectivity index is 2.28. The maximum Gasteiger partial charge on any atom is 0.306 e. The van der Waals surface area contributed by atoms with E-state index in [1.165, 1.54) is 7.11 Å². The van der Waals surface area contributed by atoms with Crippen molar-refractivity contribution in [2.75, 3.05) is 19.5 Å². The number of hydrogen-bond acceptors (Lipinski definition) is 4. The SMILES string of the molecule is COC(=O)CC1CCOc2cccc(N)c21. The number of benzene rings is 1. The molecule has 1 aliphatic heterocycles. The summed E-state index contributed by atoms with van der Waals surface area (Å²) in [6.45, 7) is 0.623. The van der Waals surface area contributed by atoms with Gasteiger partial charge in [-0.3, -0.25) is 4.79 Å². The summed E-state index contributed by atoms with van der Waals surface area (Å²) >= 11 is 0. The minimum Gasteiger partial charge on any atom is -0.493 e. The number of hydrogen-bond donors (Lipinski definition) is 1. The molecule has 0 spiro atoms. The van der Waals surface area contributed by atoms with Gasteiger partial charge in [0.2, 0.25) is 0 Å². The van der Waals surface area contributed by atoms with Crippen molar-refractivity contribution in [2.24, 2.45) is 0 Å². The maximum absolute atomic E-state index is 11.3. The number of esters is 1. The molecule has 1 atom stereocenters. The number of ether oxygens (including phenoxy) is 2. The topological polar surface area (TPSA) is 61.5 Å². The average molecular weight is 221 g/mol. The predicted molar refractivity (Wildman–Crippen MR) is 60.3 cm³/mol. The molecule has 4 nitrogen and oxygen atoms in total. The van der Waals surface area contributed by atoms with Crippen LogP contribution in [0.5, 0.6) is 5.75 Å². The largest absolute Gasteiger partial charge is 0.493 e. The number of carbonyl (C=O) groups excluding carboxylic acids is 1. The fourth-order valence-electron chi connectivity index (χ4n) is 2.07. The van der Waals surface area contributed by atoms with Crippen LogP contribution in [0.3, 0.4) is 0 Å². The Morgan fingerprint density at radius 3 is 3.19 bits per heavy atom. The smallest absolute Gasteiger partial charge is 0.306 e. The molecule has 2 rings (SSSR count). The zero-order valence-electron chi connectivity index (χ0n) is 9.23. The maximum atomic E-state index is 11.3. The van der Waals surface area contributed by atoms with Crippen molar-refractivity contribution in [3.63, 3.8) is 0 Å². The molecule has 2 N–H and O–H groups in total. The molecule has 16 heavy (non-hydrogen) atoms. The molecule has 0 aromatic heterocycles. The van der Waals surface area contributed by atoms with E-state index in [-0.39, 0.29) is 11.9 Å². The molecule has 1 aromatic rings. The van der Waals surface area contributed by atoms with Crippen molar-refractivity contribution >= 4 is 11.7 Å². The van der Waals surface area contributed by atoms with Crippen LogP contribution >= 0.6 is 0 Å². The van der Waals surface area contributed by atoms with Crippen molar-refractivity contribution < 1.29 is 14.3 Å². The van der Waals surface area contributed by atoms with Gasteiger partial charge in [0.05, 0.1) is 20.1 Å². The monoisotopic (exact) mass is 221 g/mol. The van der Waals surface area contributed by atoms with Gasteiger partial charge in [-0.1, -0.05) is 6.07 Å². The molecule has 1 unspecified atom stereocenters. The van der Waals surface area contributed by atoms with Gasteiger partial charge >= 0.3 is 5.97 Å². The van der Waals surface area contributed by atoms with E-state index in [1.807, 2.05) is 18.2 Å². The van der Waals surface area contributed by atoms with Crippen LogP contribution in [0.4, 0.5) is 5.69 Å². The van der Waals surface area contributed by atoms with E-state index in [4.69, 9.17) is 10.5 Å². The third-order valence-electron chi connectivity index (χ3n) is 2.87. The lowest BCUT2D eigenvalue weighted by molar-refractivity contribution is -0.141. The first-order valence-electron chi connectivity index (χ1n) is 5.30. The van der Waals surface area contributed by atoms with Gasteiger partial charge in [0.15, 0.2) is 0 Å². The zero-order chi connectivity index (χ0) is 11.5. The molecule has 0 bridgehead atoms. The molecule has 0 amide bonds. The Bertz CT molecular complexity index is 403. The van der Waals surface area contributed by atoms with E-state index >= 15 is 0 Å². The van der Waals surface area contributed by atoms with E-state index < -0.39 is 0 Å². The van der Waals surface area contributed by atoms with Crippen molar-refractivity contribution in [1.29, 1.82) is 0 Å². The Morgan fingerprint density at radius 1 is 1.62 bits per heavy atom. The standard InChI is InChI=1S/C12H15NO3/c1-15-11(14)7-8-5-6-16-10-4-2-3-9(13)12(8)10/h2-4,8H,5-7,13H2,1H3. The van der Waals surface area contributed by atoms with Crippen LogP contribution in [0, 0.1) is 0 Å². The molecule has 0 aliphatic carbocycles. The molecule has 86 valence electrons. The lowest BCUT2D eigenvalue weighted by Crippen LogP contribution is -2.19. The number of nitrogens with two attached hydrogens (primary N) is 1. The van der Waals surface area contributed by atoms with E-state index in [1.54, 1.807) is 0 Å². The van der Waals surface area contributed by atoms with Gasteiger partial charge in [-0.25, -0.2) is 0 Å². The van der Waals surface area contributed by atoms with Crippen LogP contribution in [0.2, 0.25) is 0 Å². The van der Waals surface area contributed by atoms with Gasteiger partial charge in [0, 0.05) is 17.2 Å². The molecule has 0 radical (unpaired) electrons. The van der Waals surface area contributed by atoms with E-state index in [0.717, 1.165) is 17.7 Å². The second kappa shape index (κ2) is 4.43. The molecule has 0 saturated carbocycles. The Morgan fingerprint density at radius 2 is 2.44 bits per heavy atom. The minimum absolute atomic E-state index is 0.109. The molecule has 1 heterocycles. The summed E-state index contributed by atoms with van der Waals surface area (Å²) < 4.78 is 10.2. The summed E-state index contributed by atoms with van der Waals surface area (Å²) in [4.78, 5) is 11.3. The lowest BCUT2D eigenvalue weighted by Gasteiger charge is -2.26. The average Bonchev–Trinajstić information content (AvgIpc) is 2.29. The first kappa shape index (κ1) is 10.8. The van der Waals surface area contributed by atoms with Crippen molar-refractivity contribution in [1.82, 2.24) is 0 Å². The highest BCUT2D eigenvalue weighted by molar-refractivity contribution is 5.72. The van der Waals surface area contributed by atoms with Crippen LogP contribution in [0.1, 0.15) is 24.3 Å². The third kappa shape index (κ3) is 1.96. The van der Waals surface area contributed by atoms with E-state index in [0.29, 0.717) is 18.7 Å². The third-order valence-corrected chi connectivity index (χ3v) is 2.87. The highest BCUT2D eigenvalue weighted by atomic mass is 16.5. The van der Waals surface area contributed by atoms with E-state index in [2.05, 4.69) is 4.74 Å². The van der Waals surface area contributed by atoms with Gasteiger partial charge in [-0.15, -0.1) is 0 Å². The van der Waals surface area contributed by atoms with Crippen molar-refractivity contribution in [3.8, 4) is 5.75 Å². The van der Waals surface area contributed by atoms with Gasteiger partial charge in [-0.05, 0) is 18.6 Å². The van der Waals surface area contributed by atoms with Crippen LogP contribution < -0.4 is 10.5 Å². The number of nitrogen functional groups attached to an aromatic ring is 1. The summed E-state index contributed by atoms with van der Waals surface area (Å²) in [5, 5.41) is 0. The van der Waals surface area contributed by atoms with Crippen LogP contribution in [0.15, 0.2) is 18.2 Å². The quantitative estimate of drug-likeness (QED) is 0.610. The highest BCUT2D eigenvalue weighted by Crippen LogP contribution is 2.39. The van der Waals surface area contributed by atoms with Gasteiger partial charge in [-0.2, -0.15) is 0 Å². The number of rotatable bonds is 2. The summed E-state index contributed by atoms with van der Waals surface area (Å²) in [5.74, 6) is 0.693. The second-order valence-corrected chi connectivity index (χ2v) is 3.87. The molecule has 4 heteroatoms. The normalized spacial score (nSPS) is 18.4. The minimum atomic E-state index is -0.207. The molecular formula is C12H15NO3. The molecule has 0 saturated heterocycles. The number of anilines is 1. The van der Waals surface area contributed by atoms with Crippen molar-refractivity contribution in [3.05, 3.63) is 23.8 Å². The van der Waals surface area contributed by atoms with Crippen LogP contribution in [-0.2, 0) is 9.53 Å². The zero-order valence-corrected chi connectivity index (χ0v) is 9.23. The lowest BCUT2D eigenvalue weighted by atomic mass is 9.89. The fraction of sp³-hybridized carbons (Fsp3) is 0.417. The van der Waals surface area contributed by atoms with E-state index in [9.17, 15) is 4.79 Å². The Hall–Kier alpha value is -1.71. The number of carbonyl (C=O) groups is 1. The summed E-state index contributed by atoms with van der Waals surface area (Å²) in [6, 6.07) is 5.57. The summed E-state index contributed by atoms with van der Waals surface area (Å²) in [7, 11) is 1.40. The highest BCUT2D eigenvalue weighted by Gasteiger charge is 2.25. The second-order valence-electron chi connectivity index (χ2n) is 3.87. The predicted octanol–water partition coefficient (Wildman–Crippen LogP) is 1.70.